The lowest BCUT2D eigenvalue weighted by atomic mass is 10.2. The molecule has 0 saturated carbocycles. The van der Waals surface area contributed by atoms with Crippen molar-refractivity contribution < 1.29 is 14.4 Å². The second-order valence-electron chi connectivity index (χ2n) is 4.60. The number of fused-ring (bicyclic) bond motifs is 1. The molecule has 0 saturated heterocycles. The van der Waals surface area contributed by atoms with Crippen LogP contribution in [0, 0.1) is 6.92 Å². The second kappa shape index (κ2) is 5.61. The van der Waals surface area contributed by atoms with Crippen molar-refractivity contribution in [3.8, 4) is 0 Å². The number of aryl methyl sites for hydroxylation is 1. The van der Waals surface area contributed by atoms with Crippen LogP contribution in [0.2, 0.25) is 0 Å². The fraction of sp³-hybridized carbons (Fsp3) is 0.214. The molecule has 0 fully saturated rings. The van der Waals surface area contributed by atoms with Crippen molar-refractivity contribution in [2.75, 3.05) is 5.75 Å². The molecule has 0 radical (unpaired) electrons. The molecule has 0 aliphatic carbocycles. The Morgan fingerprint density at radius 1 is 1.43 bits per heavy atom. The van der Waals surface area contributed by atoms with E-state index in [4.69, 9.17) is 9.63 Å². The van der Waals surface area contributed by atoms with Gasteiger partial charge in [-0.3, -0.25) is 4.79 Å². The highest BCUT2D eigenvalue weighted by molar-refractivity contribution is 7.99. The summed E-state index contributed by atoms with van der Waals surface area (Å²) in [7, 11) is 0. The van der Waals surface area contributed by atoms with E-state index in [1.54, 1.807) is 6.07 Å². The fourth-order valence-corrected chi connectivity index (χ4v) is 2.94. The van der Waals surface area contributed by atoms with E-state index < -0.39 is 5.97 Å². The van der Waals surface area contributed by atoms with Crippen molar-refractivity contribution >= 4 is 28.8 Å². The molecule has 0 spiro atoms. The van der Waals surface area contributed by atoms with E-state index >= 15 is 0 Å². The lowest BCUT2D eigenvalue weighted by Crippen LogP contribution is -2.05. The predicted octanol–water partition coefficient (Wildman–Crippen LogP) is 2.56. The van der Waals surface area contributed by atoms with Crippen molar-refractivity contribution in [3.63, 3.8) is 0 Å². The summed E-state index contributed by atoms with van der Waals surface area (Å²) in [6.45, 7) is 2.51. The smallest absolute Gasteiger partial charge is 0.313 e. The first-order chi connectivity index (χ1) is 10.1. The fourth-order valence-electron chi connectivity index (χ4n) is 2.21. The Labute approximate surface area is 124 Å². The molecule has 6 nitrogen and oxygen atoms in total. The van der Waals surface area contributed by atoms with Crippen LogP contribution in [0.5, 0.6) is 0 Å². The van der Waals surface area contributed by atoms with Crippen molar-refractivity contribution in [1.29, 1.82) is 0 Å². The standard InChI is InChI=1S/C14H13N3O3S/c1-9-3-2-4-11-13(9)17(7-10-5-6-20-16-10)14(15-11)21-8-12(18)19/h2-6H,7-8H2,1H3,(H,18,19). The van der Waals surface area contributed by atoms with Crippen LogP contribution < -0.4 is 0 Å². The molecule has 0 unspecified atom stereocenters. The van der Waals surface area contributed by atoms with Gasteiger partial charge in [0.15, 0.2) is 5.16 Å². The molecule has 1 aromatic carbocycles. The van der Waals surface area contributed by atoms with Crippen molar-refractivity contribution in [3.05, 3.63) is 41.8 Å². The molecule has 0 aliphatic heterocycles. The van der Waals surface area contributed by atoms with Gasteiger partial charge < -0.3 is 14.2 Å². The number of nitrogens with zero attached hydrogens (tertiary/aromatic N) is 3. The number of hydrogen-bond acceptors (Lipinski definition) is 5. The van der Waals surface area contributed by atoms with Gasteiger partial charge in [0.1, 0.15) is 12.0 Å². The average molecular weight is 303 g/mol. The molecule has 1 N–H and O–H groups in total. The van der Waals surface area contributed by atoms with Gasteiger partial charge in [-0.15, -0.1) is 0 Å². The first kappa shape index (κ1) is 13.7. The third-order valence-electron chi connectivity index (χ3n) is 3.07. The number of carbonyl (C=O) groups is 1. The third-order valence-corrected chi connectivity index (χ3v) is 4.03. The van der Waals surface area contributed by atoms with Gasteiger partial charge in [0.05, 0.1) is 23.3 Å². The highest BCUT2D eigenvalue weighted by Gasteiger charge is 2.15. The SMILES string of the molecule is Cc1cccc2nc(SCC(=O)O)n(Cc3ccon3)c12. The maximum Gasteiger partial charge on any atom is 0.313 e. The minimum atomic E-state index is -0.864. The van der Waals surface area contributed by atoms with Crippen LogP contribution in [-0.2, 0) is 11.3 Å². The normalized spacial score (nSPS) is 11.1. The average Bonchev–Trinajstić information content (AvgIpc) is 3.06. The minimum absolute atomic E-state index is 0.0266. The van der Waals surface area contributed by atoms with Crippen LogP contribution >= 0.6 is 11.8 Å². The van der Waals surface area contributed by atoms with Crippen LogP contribution in [0.3, 0.4) is 0 Å². The van der Waals surface area contributed by atoms with Gasteiger partial charge in [-0.05, 0) is 18.6 Å². The summed E-state index contributed by atoms with van der Waals surface area (Å²) in [4.78, 5) is 15.3. The Hall–Kier alpha value is -2.28. The lowest BCUT2D eigenvalue weighted by molar-refractivity contribution is -0.133. The first-order valence-corrected chi connectivity index (χ1v) is 7.33. The number of para-hydroxylation sites is 1. The maximum atomic E-state index is 10.8. The predicted molar refractivity (Wildman–Crippen MR) is 78.4 cm³/mol. The summed E-state index contributed by atoms with van der Waals surface area (Å²) in [6.07, 6.45) is 1.52. The van der Waals surface area contributed by atoms with Crippen molar-refractivity contribution in [1.82, 2.24) is 14.7 Å². The van der Waals surface area contributed by atoms with E-state index in [9.17, 15) is 4.79 Å². The molecule has 3 aromatic rings. The monoisotopic (exact) mass is 303 g/mol. The Morgan fingerprint density at radius 3 is 3.00 bits per heavy atom. The number of carboxylic acid groups (broad SMARTS) is 1. The van der Waals surface area contributed by atoms with E-state index in [0.717, 1.165) is 22.3 Å². The van der Waals surface area contributed by atoms with Gasteiger partial charge in [-0.2, -0.15) is 0 Å². The molecule has 21 heavy (non-hydrogen) atoms. The van der Waals surface area contributed by atoms with E-state index in [-0.39, 0.29) is 5.75 Å². The van der Waals surface area contributed by atoms with E-state index in [2.05, 4.69) is 10.1 Å². The van der Waals surface area contributed by atoms with Crippen molar-refractivity contribution in [2.45, 2.75) is 18.6 Å². The van der Waals surface area contributed by atoms with Gasteiger partial charge in [0.25, 0.3) is 0 Å². The molecular formula is C14H13N3O3S. The van der Waals surface area contributed by atoms with Gasteiger partial charge in [0, 0.05) is 6.07 Å². The van der Waals surface area contributed by atoms with E-state index in [0.29, 0.717) is 11.7 Å². The Balaban J connectivity index is 2.07. The number of aliphatic carboxylic acids is 1. The number of carboxylic acids is 1. The summed E-state index contributed by atoms with van der Waals surface area (Å²) in [6, 6.07) is 7.66. The van der Waals surface area contributed by atoms with Crippen LogP contribution in [0.15, 0.2) is 40.2 Å². The zero-order chi connectivity index (χ0) is 14.8. The van der Waals surface area contributed by atoms with Crippen molar-refractivity contribution in [2.24, 2.45) is 0 Å². The van der Waals surface area contributed by atoms with Crippen LogP contribution in [0.25, 0.3) is 11.0 Å². The zero-order valence-corrected chi connectivity index (χ0v) is 12.1. The molecule has 2 aromatic heterocycles. The Morgan fingerprint density at radius 2 is 2.29 bits per heavy atom. The second-order valence-corrected chi connectivity index (χ2v) is 5.54. The molecule has 0 aliphatic rings. The maximum absolute atomic E-state index is 10.8. The lowest BCUT2D eigenvalue weighted by Gasteiger charge is -2.07. The Bertz CT molecular complexity index is 780. The van der Waals surface area contributed by atoms with Crippen LogP contribution in [0.1, 0.15) is 11.3 Å². The molecule has 108 valence electrons. The number of benzene rings is 1. The quantitative estimate of drug-likeness (QED) is 0.730. The van der Waals surface area contributed by atoms with Gasteiger partial charge >= 0.3 is 5.97 Å². The van der Waals surface area contributed by atoms with E-state index in [1.807, 2.05) is 29.7 Å². The summed E-state index contributed by atoms with van der Waals surface area (Å²) in [5.74, 6) is -0.891. The Kier molecular flexibility index (Phi) is 3.66. The molecule has 3 rings (SSSR count). The summed E-state index contributed by atoms with van der Waals surface area (Å²) in [5.41, 5.74) is 3.71. The topological polar surface area (TPSA) is 81.1 Å². The molecule has 2 heterocycles. The molecule has 0 bridgehead atoms. The van der Waals surface area contributed by atoms with Crippen LogP contribution in [0.4, 0.5) is 0 Å². The third kappa shape index (κ3) is 2.78. The number of imidazole rings is 1. The van der Waals surface area contributed by atoms with Gasteiger partial charge in [0.2, 0.25) is 0 Å². The number of aromatic nitrogens is 3. The zero-order valence-electron chi connectivity index (χ0n) is 11.3. The number of thioether (sulfide) groups is 1. The highest BCUT2D eigenvalue weighted by atomic mass is 32.2. The molecule has 0 amide bonds. The first-order valence-electron chi connectivity index (χ1n) is 6.35. The van der Waals surface area contributed by atoms with E-state index in [1.165, 1.54) is 18.0 Å². The minimum Gasteiger partial charge on any atom is -0.481 e. The molecule has 7 heteroatoms. The number of hydrogen-bond donors (Lipinski definition) is 1. The molecule has 0 atom stereocenters. The summed E-state index contributed by atoms with van der Waals surface area (Å²) >= 11 is 1.21. The summed E-state index contributed by atoms with van der Waals surface area (Å²) in [5, 5.41) is 13.5. The largest absolute Gasteiger partial charge is 0.481 e. The molecular weight excluding hydrogens is 290 g/mol. The number of rotatable bonds is 5. The van der Waals surface area contributed by atoms with Gasteiger partial charge in [-0.25, -0.2) is 4.98 Å². The summed E-state index contributed by atoms with van der Waals surface area (Å²) < 4.78 is 6.84. The highest BCUT2D eigenvalue weighted by Crippen LogP contribution is 2.27. The van der Waals surface area contributed by atoms with Gasteiger partial charge in [-0.1, -0.05) is 29.1 Å². The van der Waals surface area contributed by atoms with Crippen LogP contribution in [-0.4, -0.2) is 31.5 Å².